The van der Waals surface area contributed by atoms with Gasteiger partial charge in [-0.2, -0.15) is 0 Å². The van der Waals surface area contributed by atoms with Crippen LogP contribution < -0.4 is 5.32 Å². The van der Waals surface area contributed by atoms with Crippen molar-refractivity contribution < 1.29 is 14.0 Å². The lowest BCUT2D eigenvalue weighted by Gasteiger charge is -2.17. The maximum atomic E-state index is 12.5. The van der Waals surface area contributed by atoms with Crippen molar-refractivity contribution in [3.05, 3.63) is 59.5 Å². The number of benzene rings is 1. The van der Waals surface area contributed by atoms with Gasteiger partial charge in [0.1, 0.15) is 5.76 Å². The molecule has 0 saturated heterocycles. The molecule has 2 aliphatic rings. The summed E-state index contributed by atoms with van der Waals surface area (Å²) >= 11 is 0. The van der Waals surface area contributed by atoms with Gasteiger partial charge in [-0.3, -0.25) is 9.59 Å². The first kappa shape index (κ1) is 15.9. The minimum Gasteiger partial charge on any atom is -0.469 e. The van der Waals surface area contributed by atoms with Gasteiger partial charge in [0.15, 0.2) is 0 Å². The number of hydrogen-bond donors (Lipinski definition) is 1. The molecule has 5 nitrogen and oxygen atoms in total. The van der Waals surface area contributed by atoms with Crippen LogP contribution in [0.15, 0.2) is 47.1 Å². The minimum atomic E-state index is -0.0160. The number of carbonyl (C=O) groups is 2. The van der Waals surface area contributed by atoms with Gasteiger partial charge in [-0.15, -0.1) is 0 Å². The Balaban J connectivity index is 1.32. The first-order valence-electron chi connectivity index (χ1n) is 8.80. The van der Waals surface area contributed by atoms with Gasteiger partial charge in [0, 0.05) is 37.0 Å². The Hall–Kier alpha value is -2.56. The third kappa shape index (κ3) is 3.60. The Bertz CT molecular complexity index is 763. The highest BCUT2D eigenvalue weighted by atomic mass is 16.3. The van der Waals surface area contributed by atoms with Crippen LogP contribution in [0.25, 0.3) is 0 Å². The Morgan fingerprint density at radius 2 is 1.96 bits per heavy atom. The van der Waals surface area contributed by atoms with E-state index in [-0.39, 0.29) is 23.7 Å². The van der Waals surface area contributed by atoms with Gasteiger partial charge in [0.05, 0.1) is 6.26 Å². The summed E-state index contributed by atoms with van der Waals surface area (Å²) in [6.45, 7) is 0.546. The predicted octanol–water partition coefficient (Wildman–Crippen LogP) is 2.93. The zero-order chi connectivity index (χ0) is 17.4. The number of nitrogens with one attached hydrogen (secondary N) is 1. The largest absolute Gasteiger partial charge is 0.469 e. The maximum absolute atomic E-state index is 12.5. The summed E-state index contributed by atoms with van der Waals surface area (Å²) in [5.41, 5.74) is 1.69. The number of hydrogen-bond acceptors (Lipinski definition) is 3. The van der Waals surface area contributed by atoms with Gasteiger partial charge < -0.3 is 14.6 Å². The maximum Gasteiger partial charge on any atom is 0.251 e. The van der Waals surface area contributed by atoms with E-state index >= 15 is 0 Å². The molecule has 1 heterocycles. The molecule has 25 heavy (non-hydrogen) atoms. The topological polar surface area (TPSA) is 62.6 Å². The summed E-state index contributed by atoms with van der Waals surface area (Å²) in [5, 5.41) is 2.98. The average Bonchev–Trinajstić information content (AvgIpc) is 3.54. The summed E-state index contributed by atoms with van der Waals surface area (Å²) in [7, 11) is 1.83. The van der Waals surface area contributed by atoms with Crippen molar-refractivity contribution in [1.82, 2.24) is 10.2 Å². The van der Waals surface area contributed by atoms with Crippen molar-refractivity contribution in [2.45, 2.75) is 37.8 Å². The Kier molecular flexibility index (Phi) is 4.07. The van der Waals surface area contributed by atoms with Crippen molar-refractivity contribution in [3.8, 4) is 0 Å². The summed E-state index contributed by atoms with van der Waals surface area (Å²) in [4.78, 5) is 26.3. The van der Waals surface area contributed by atoms with Crippen LogP contribution in [0, 0.1) is 5.92 Å². The molecule has 2 atom stereocenters. The van der Waals surface area contributed by atoms with Crippen LogP contribution in [0.1, 0.15) is 46.9 Å². The molecule has 0 aliphatic heterocycles. The quantitative estimate of drug-likeness (QED) is 0.881. The lowest BCUT2D eigenvalue weighted by Crippen LogP contribution is -2.28. The number of furan rings is 1. The molecule has 1 aromatic heterocycles. The van der Waals surface area contributed by atoms with E-state index in [0.29, 0.717) is 18.2 Å². The van der Waals surface area contributed by atoms with Crippen LogP contribution in [-0.4, -0.2) is 29.8 Å². The van der Waals surface area contributed by atoms with Crippen LogP contribution >= 0.6 is 0 Å². The second kappa shape index (κ2) is 6.39. The second-order valence-electron chi connectivity index (χ2n) is 7.10. The van der Waals surface area contributed by atoms with E-state index in [9.17, 15) is 9.59 Å². The Labute approximate surface area is 147 Å². The number of carbonyl (C=O) groups excluding carboxylic acids is 2. The monoisotopic (exact) mass is 338 g/mol. The van der Waals surface area contributed by atoms with Crippen molar-refractivity contribution >= 4 is 11.8 Å². The molecule has 0 spiro atoms. The third-order valence-corrected chi connectivity index (χ3v) is 4.94. The minimum absolute atomic E-state index is 0.0160. The fourth-order valence-electron chi connectivity index (χ4n) is 3.18. The van der Waals surface area contributed by atoms with E-state index in [1.54, 1.807) is 11.2 Å². The van der Waals surface area contributed by atoms with Gasteiger partial charge in [-0.05, 0) is 49.1 Å². The molecule has 1 aromatic carbocycles. The molecule has 2 fully saturated rings. The normalized spacial score (nSPS) is 21.6. The SMILES string of the molecule is CN(Cc1ccc(C(=O)NC2CC2)cc1)C(=O)[C@@H]1C[C@@H]1c1ccco1. The van der Waals surface area contributed by atoms with Gasteiger partial charge in [-0.25, -0.2) is 0 Å². The van der Waals surface area contributed by atoms with Crippen molar-refractivity contribution in [2.75, 3.05) is 7.05 Å². The Morgan fingerprint density at radius 3 is 2.60 bits per heavy atom. The van der Waals surface area contributed by atoms with Crippen molar-refractivity contribution in [2.24, 2.45) is 5.92 Å². The van der Waals surface area contributed by atoms with Crippen LogP contribution in [0.2, 0.25) is 0 Å². The highest BCUT2D eigenvalue weighted by Gasteiger charge is 2.46. The highest BCUT2D eigenvalue weighted by molar-refractivity contribution is 5.94. The summed E-state index contributed by atoms with van der Waals surface area (Å²) < 4.78 is 5.39. The first-order chi connectivity index (χ1) is 12.1. The molecule has 5 heteroatoms. The standard InChI is InChI=1S/C20H22N2O3/c1-22(20(24)17-11-16(17)18-3-2-10-25-18)12-13-4-6-14(7-5-13)19(23)21-15-8-9-15/h2-7,10,15-17H,8-9,11-12H2,1H3,(H,21,23)/t16-,17+/m0/s1. The van der Waals surface area contributed by atoms with Gasteiger partial charge in [0.25, 0.3) is 5.91 Å². The van der Waals surface area contributed by atoms with Crippen molar-refractivity contribution in [3.63, 3.8) is 0 Å². The molecular formula is C20H22N2O3. The summed E-state index contributed by atoms with van der Waals surface area (Å²) in [6.07, 6.45) is 4.67. The average molecular weight is 338 g/mol. The molecule has 2 saturated carbocycles. The molecule has 2 aromatic rings. The number of amides is 2. The first-order valence-corrected chi connectivity index (χ1v) is 8.80. The van der Waals surface area contributed by atoms with E-state index in [2.05, 4.69) is 5.32 Å². The van der Waals surface area contributed by atoms with Crippen LogP contribution in [-0.2, 0) is 11.3 Å². The van der Waals surface area contributed by atoms with E-state index < -0.39 is 0 Å². The number of rotatable bonds is 6. The molecule has 2 amide bonds. The highest BCUT2D eigenvalue weighted by Crippen LogP contribution is 2.48. The summed E-state index contributed by atoms with van der Waals surface area (Å²) in [5.74, 6) is 1.28. The Morgan fingerprint density at radius 1 is 1.20 bits per heavy atom. The lowest BCUT2D eigenvalue weighted by atomic mass is 10.1. The van der Waals surface area contributed by atoms with Crippen LogP contribution in [0.3, 0.4) is 0 Å². The fourth-order valence-corrected chi connectivity index (χ4v) is 3.18. The number of nitrogens with zero attached hydrogens (tertiary/aromatic N) is 1. The van der Waals surface area contributed by atoms with E-state index in [0.717, 1.165) is 30.6 Å². The van der Waals surface area contributed by atoms with Crippen LogP contribution in [0.5, 0.6) is 0 Å². The molecule has 0 bridgehead atoms. The molecule has 0 radical (unpaired) electrons. The molecule has 4 rings (SSSR count). The molecule has 1 N–H and O–H groups in total. The van der Waals surface area contributed by atoms with E-state index in [1.807, 2.05) is 43.4 Å². The lowest BCUT2D eigenvalue weighted by molar-refractivity contribution is -0.131. The van der Waals surface area contributed by atoms with Gasteiger partial charge in [0.2, 0.25) is 5.91 Å². The third-order valence-electron chi connectivity index (χ3n) is 4.94. The smallest absolute Gasteiger partial charge is 0.251 e. The summed E-state index contributed by atoms with van der Waals surface area (Å²) in [6, 6.07) is 11.6. The van der Waals surface area contributed by atoms with E-state index in [1.165, 1.54) is 0 Å². The zero-order valence-corrected chi connectivity index (χ0v) is 14.3. The fraction of sp³-hybridized carbons (Fsp3) is 0.400. The molecular weight excluding hydrogens is 316 g/mol. The van der Waals surface area contributed by atoms with Gasteiger partial charge >= 0.3 is 0 Å². The molecule has 2 aliphatic carbocycles. The second-order valence-corrected chi connectivity index (χ2v) is 7.10. The molecule has 0 unspecified atom stereocenters. The van der Waals surface area contributed by atoms with E-state index in [4.69, 9.17) is 4.42 Å². The zero-order valence-electron chi connectivity index (χ0n) is 14.3. The predicted molar refractivity (Wildman–Crippen MR) is 93.0 cm³/mol. The van der Waals surface area contributed by atoms with Crippen molar-refractivity contribution in [1.29, 1.82) is 0 Å². The van der Waals surface area contributed by atoms with Crippen LogP contribution in [0.4, 0.5) is 0 Å². The van der Waals surface area contributed by atoms with Gasteiger partial charge in [-0.1, -0.05) is 12.1 Å². The molecule has 130 valence electrons.